The van der Waals surface area contributed by atoms with Gasteiger partial charge in [0.2, 0.25) is 35.4 Å². The molecule has 0 fully saturated rings. The molecular formula is C24H46N8O7. The summed E-state index contributed by atoms with van der Waals surface area (Å²) in [4.78, 5) is 81.6. The number of hydrogen-bond acceptors (Lipinski definition) is 9. The molecule has 0 saturated heterocycles. The van der Waals surface area contributed by atoms with Gasteiger partial charge in [-0.05, 0) is 47.1 Å². The molecule has 39 heavy (non-hydrogen) atoms. The molecule has 0 rings (SSSR count). The number of carbonyl (C=O) groups excluding carboxylic acids is 7. The summed E-state index contributed by atoms with van der Waals surface area (Å²) < 4.78 is 0. The van der Waals surface area contributed by atoms with Crippen molar-refractivity contribution in [3.63, 3.8) is 0 Å². The Morgan fingerprint density at radius 3 is 2.03 bits per heavy atom. The summed E-state index contributed by atoms with van der Waals surface area (Å²) in [6.07, 6.45) is 2.49. The van der Waals surface area contributed by atoms with Crippen molar-refractivity contribution in [2.75, 3.05) is 39.8 Å². The van der Waals surface area contributed by atoms with Crippen molar-refractivity contribution < 1.29 is 33.6 Å². The van der Waals surface area contributed by atoms with Gasteiger partial charge in [-0.15, -0.1) is 0 Å². The van der Waals surface area contributed by atoms with E-state index in [0.29, 0.717) is 38.6 Å². The van der Waals surface area contributed by atoms with Crippen molar-refractivity contribution in [1.82, 2.24) is 31.5 Å². The van der Waals surface area contributed by atoms with Crippen LogP contribution in [0.5, 0.6) is 0 Å². The van der Waals surface area contributed by atoms with Crippen molar-refractivity contribution in [3.05, 3.63) is 0 Å². The third-order valence-corrected chi connectivity index (χ3v) is 4.85. The van der Waals surface area contributed by atoms with Crippen molar-refractivity contribution in [2.45, 2.75) is 71.5 Å². The number of nitrogens with two attached hydrogens (primary N) is 2. The van der Waals surface area contributed by atoms with E-state index >= 15 is 0 Å². The van der Waals surface area contributed by atoms with Crippen LogP contribution in [0.25, 0.3) is 0 Å². The molecule has 6 amide bonds. The molecular weight excluding hydrogens is 512 g/mol. The number of aldehydes is 1. The molecule has 0 spiro atoms. The predicted octanol–water partition coefficient (Wildman–Crippen LogP) is -3.13. The first kappa shape index (κ1) is 37.6. The first-order valence-electron chi connectivity index (χ1n) is 12.8. The Bertz CT molecular complexity index is 807. The summed E-state index contributed by atoms with van der Waals surface area (Å²) in [5.74, 6) is -2.36. The molecule has 0 aromatic rings. The number of likely N-dealkylation sites (N-methyl/N-ethyl adjacent to an activating group) is 1. The Balaban J connectivity index is 0. The lowest BCUT2D eigenvalue weighted by molar-refractivity contribution is -0.137. The molecule has 0 aliphatic rings. The largest absolute Gasteiger partial charge is 0.369 e. The van der Waals surface area contributed by atoms with Gasteiger partial charge in [-0.1, -0.05) is 6.92 Å². The maximum absolute atomic E-state index is 12.4. The standard InChI is InChI=1S/C21H38N6O6.C3H8N2O/c1-5-10-27(12-18(30)25-14(2)13-28)19(31)11-24-21(33)16(4)26-17(29)8-6-7-9-23-20(32)15(3)22;1-5-2-3(4)6/h13-16H,5-12,22H2,1-4H3,(H,23,32)(H,24,33)(H,25,30)(H,26,29);5H,2H2,1H3,(H2,4,6). The highest BCUT2D eigenvalue weighted by Crippen LogP contribution is 1.97. The Morgan fingerprint density at radius 2 is 1.54 bits per heavy atom. The minimum Gasteiger partial charge on any atom is -0.369 e. The fourth-order valence-electron chi connectivity index (χ4n) is 2.83. The van der Waals surface area contributed by atoms with Crippen molar-refractivity contribution in [3.8, 4) is 0 Å². The maximum Gasteiger partial charge on any atom is 0.242 e. The number of unbranched alkanes of at least 4 members (excludes halogenated alkanes) is 1. The average Bonchev–Trinajstić information content (AvgIpc) is 2.86. The molecule has 0 heterocycles. The summed E-state index contributed by atoms with van der Waals surface area (Å²) in [6, 6.07) is -2.09. The van der Waals surface area contributed by atoms with E-state index in [9.17, 15) is 33.6 Å². The maximum atomic E-state index is 12.4. The summed E-state index contributed by atoms with van der Waals surface area (Å²) in [5, 5.41) is 12.7. The van der Waals surface area contributed by atoms with Gasteiger partial charge in [0.1, 0.15) is 12.3 Å². The average molecular weight is 559 g/mol. The van der Waals surface area contributed by atoms with Crippen LogP contribution in [-0.4, -0.2) is 105 Å². The summed E-state index contributed by atoms with van der Waals surface area (Å²) in [5.41, 5.74) is 10.1. The second kappa shape index (κ2) is 22.4. The second-order valence-corrected chi connectivity index (χ2v) is 8.85. The molecule has 0 bridgehead atoms. The third kappa shape index (κ3) is 21.1. The highest BCUT2D eigenvalue weighted by atomic mass is 16.2. The minimum absolute atomic E-state index is 0.184. The van der Waals surface area contributed by atoms with E-state index in [0.717, 1.165) is 0 Å². The lowest BCUT2D eigenvalue weighted by atomic mass is 10.2. The van der Waals surface area contributed by atoms with Gasteiger partial charge in [0, 0.05) is 19.5 Å². The van der Waals surface area contributed by atoms with Crippen molar-refractivity contribution in [2.24, 2.45) is 11.5 Å². The molecule has 0 aromatic carbocycles. The number of nitrogens with zero attached hydrogens (tertiary/aromatic N) is 1. The molecule has 0 aromatic heterocycles. The fraction of sp³-hybridized carbons (Fsp3) is 0.708. The normalized spacial score (nSPS) is 12.4. The van der Waals surface area contributed by atoms with E-state index < -0.39 is 35.8 Å². The molecule has 15 nitrogen and oxygen atoms in total. The van der Waals surface area contributed by atoms with Gasteiger partial charge < -0.3 is 47.7 Å². The zero-order chi connectivity index (χ0) is 30.4. The van der Waals surface area contributed by atoms with Crippen LogP contribution in [0.1, 0.15) is 53.4 Å². The number of primary amides is 1. The van der Waals surface area contributed by atoms with Gasteiger partial charge in [0.15, 0.2) is 0 Å². The topological polar surface area (TPSA) is 235 Å². The molecule has 15 heteroatoms. The number of carbonyl (C=O) groups is 7. The van der Waals surface area contributed by atoms with Crippen molar-refractivity contribution >= 4 is 41.7 Å². The fourth-order valence-corrected chi connectivity index (χ4v) is 2.83. The quantitative estimate of drug-likeness (QED) is 0.0664. The number of nitrogens with one attached hydrogen (secondary N) is 5. The molecule has 0 aliphatic heterocycles. The highest BCUT2D eigenvalue weighted by molar-refractivity contribution is 5.91. The molecule has 224 valence electrons. The molecule has 0 radical (unpaired) electrons. The van der Waals surface area contributed by atoms with Crippen molar-refractivity contribution in [1.29, 1.82) is 0 Å². The number of amides is 6. The lowest BCUT2D eigenvalue weighted by Gasteiger charge is -2.23. The summed E-state index contributed by atoms with van der Waals surface area (Å²) in [6.45, 7) is 6.88. The summed E-state index contributed by atoms with van der Waals surface area (Å²) >= 11 is 0. The predicted molar refractivity (Wildman–Crippen MR) is 145 cm³/mol. The molecule has 9 N–H and O–H groups in total. The van der Waals surface area contributed by atoms with Crippen LogP contribution in [0.15, 0.2) is 0 Å². The first-order valence-corrected chi connectivity index (χ1v) is 12.8. The van der Waals surface area contributed by atoms with Crippen LogP contribution in [0, 0.1) is 0 Å². The van der Waals surface area contributed by atoms with Crippen LogP contribution in [0.4, 0.5) is 0 Å². The van der Waals surface area contributed by atoms with Crippen LogP contribution >= 0.6 is 0 Å². The molecule has 3 unspecified atom stereocenters. The zero-order valence-electron chi connectivity index (χ0n) is 23.6. The van der Waals surface area contributed by atoms with Gasteiger partial charge in [0.25, 0.3) is 0 Å². The molecule has 0 saturated carbocycles. The van der Waals surface area contributed by atoms with Crippen LogP contribution < -0.4 is 38.1 Å². The Labute approximate surface area is 229 Å². The van der Waals surface area contributed by atoms with E-state index in [-0.39, 0.29) is 43.8 Å². The first-order chi connectivity index (χ1) is 18.3. The highest BCUT2D eigenvalue weighted by Gasteiger charge is 2.20. The van der Waals surface area contributed by atoms with E-state index in [1.165, 1.54) is 18.7 Å². The van der Waals surface area contributed by atoms with Crippen LogP contribution in [-0.2, 0) is 33.6 Å². The van der Waals surface area contributed by atoms with Gasteiger partial charge in [-0.25, -0.2) is 0 Å². The Hall–Kier alpha value is -3.59. The van der Waals surface area contributed by atoms with Gasteiger partial charge in [0.05, 0.1) is 31.7 Å². The minimum atomic E-state index is -0.848. The number of hydrogen-bond donors (Lipinski definition) is 7. The Kier molecular flexibility index (Phi) is 21.6. The zero-order valence-corrected chi connectivity index (χ0v) is 23.6. The SMILES string of the molecule is CCCN(CC(=O)NC(C)C=O)C(=O)CNC(=O)C(C)NC(=O)CCCCNC(=O)C(C)N.CNCC(N)=O. The van der Waals surface area contributed by atoms with Gasteiger partial charge in [-0.3, -0.25) is 28.8 Å². The van der Waals surface area contributed by atoms with E-state index in [1.54, 1.807) is 14.0 Å². The third-order valence-electron chi connectivity index (χ3n) is 4.85. The monoisotopic (exact) mass is 558 g/mol. The molecule has 0 aliphatic carbocycles. The summed E-state index contributed by atoms with van der Waals surface area (Å²) in [7, 11) is 1.67. The van der Waals surface area contributed by atoms with E-state index in [4.69, 9.17) is 11.5 Å². The van der Waals surface area contributed by atoms with Gasteiger partial charge >= 0.3 is 0 Å². The van der Waals surface area contributed by atoms with E-state index in [1.807, 2.05) is 6.92 Å². The van der Waals surface area contributed by atoms with E-state index in [2.05, 4.69) is 26.6 Å². The Morgan fingerprint density at radius 1 is 0.897 bits per heavy atom. The molecule has 3 atom stereocenters. The van der Waals surface area contributed by atoms with Crippen LogP contribution in [0.3, 0.4) is 0 Å². The number of rotatable bonds is 18. The van der Waals surface area contributed by atoms with Gasteiger partial charge in [-0.2, -0.15) is 0 Å². The lowest BCUT2D eigenvalue weighted by Crippen LogP contribution is -2.50. The van der Waals surface area contributed by atoms with Crippen LogP contribution in [0.2, 0.25) is 0 Å². The second-order valence-electron chi connectivity index (χ2n) is 8.85. The smallest absolute Gasteiger partial charge is 0.242 e.